The Bertz CT molecular complexity index is 952. The molecule has 0 N–H and O–H groups in total. The van der Waals surface area contributed by atoms with Crippen molar-refractivity contribution >= 4 is 21.6 Å². The fraction of sp³-hybridized carbons (Fsp3) is 0.350. The number of fused-ring (bicyclic) bond motifs is 1. The zero-order valence-corrected chi connectivity index (χ0v) is 16.6. The Morgan fingerprint density at radius 2 is 1.89 bits per heavy atom. The van der Waals surface area contributed by atoms with Crippen LogP contribution >= 0.6 is 0 Å². The summed E-state index contributed by atoms with van der Waals surface area (Å²) in [5, 5.41) is 0. The van der Waals surface area contributed by atoms with Crippen molar-refractivity contribution in [1.82, 2.24) is 4.31 Å². The first-order valence-electron chi connectivity index (χ1n) is 9.01. The molecule has 3 rings (SSSR count). The topological polar surface area (TPSA) is 66.9 Å². The van der Waals surface area contributed by atoms with Gasteiger partial charge in [-0.05, 0) is 48.4 Å². The molecule has 1 aliphatic rings. The van der Waals surface area contributed by atoms with E-state index in [1.807, 2.05) is 13.8 Å². The maximum atomic E-state index is 12.9. The van der Waals surface area contributed by atoms with Crippen molar-refractivity contribution in [3.8, 4) is 5.75 Å². The van der Waals surface area contributed by atoms with Crippen molar-refractivity contribution in [2.75, 3.05) is 31.6 Å². The zero-order chi connectivity index (χ0) is 19.6. The summed E-state index contributed by atoms with van der Waals surface area (Å²) in [6.45, 7) is 5.03. The molecule has 0 aromatic heterocycles. The smallest absolute Gasteiger partial charge is 0.258 e. The van der Waals surface area contributed by atoms with Gasteiger partial charge in [-0.1, -0.05) is 19.9 Å². The standard InChI is InChI=1S/C20H24N2O4S/c1-4-21(5-2)27(24,25)18-9-10-19-15(14-18)11-12-22(19)20(23)16-7-6-8-17(13-16)26-3/h6-10,13-14H,4-5,11-12H2,1-3H3. The molecule has 6 nitrogen and oxygen atoms in total. The van der Waals surface area contributed by atoms with E-state index in [-0.39, 0.29) is 10.8 Å². The van der Waals surface area contributed by atoms with Gasteiger partial charge in [0.15, 0.2) is 0 Å². The lowest BCUT2D eigenvalue weighted by atomic mass is 10.1. The highest BCUT2D eigenvalue weighted by Gasteiger charge is 2.29. The van der Waals surface area contributed by atoms with E-state index < -0.39 is 10.0 Å². The van der Waals surface area contributed by atoms with Gasteiger partial charge < -0.3 is 9.64 Å². The first-order chi connectivity index (χ1) is 12.9. The number of anilines is 1. The third-order valence-corrected chi connectivity index (χ3v) is 6.90. The number of sulfonamides is 1. The molecule has 0 bridgehead atoms. The van der Waals surface area contributed by atoms with Crippen LogP contribution in [0.25, 0.3) is 0 Å². The van der Waals surface area contributed by atoms with Crippen LogP contribution in [-0.2, 0) is 16.4 Å². The average molecular weight is 388 g/mol. The lowest BCUT2D eigenvalue weighted by Gasteiger charge is -2.20. The van der Waals surface area contributed by atoms with Crippen molar-refractivity contribution in [1.29, 1.82) is 0 Å². The Balaban J connectivity index is 1.91. The predicted octanol–water partition coefficient (Wildman–Crippen LogP) is 2.93. The van der Waals surface area contributed by atoms with E-state index in [0.29, 0.717) is 37.4 Å². The minimum Gasteiger partial charge on any atom is -0.497 e. The summed E-state index contributed by atoms with van der Waals surface area (Å²) in [6, 6.07) is 12.0. The monoisotopic (exact) mass is 388 g/mol. The number of ether oxygens (including phenoxy) is 1. The van der Waals surface area contributed by atoms with Crippen LogP contribution in [0.1, 0.15) is 29.8 Å². The highest BCUT2D eigenvalue weighted by Crippen LogP contribution is 2.32. The number of hydrogen-bond acceptors (Lipinski definition) is 4. The van der Waals surface area contributed by atoms with Crippen molar-refractivity contribution in [2.45, 2.75) is 25.2 Å². The van der Waals surface area contributed by atoms with E-state index in [2.05, 4.69) is 0 Å². The fourth-order valence-electron chi connectivity index (χ4n) is 3.37. The van der Waals surface area contributed by atoms with Crippen LogP contribution in [0, 0.1) is 0 Å². The maximum absolute atomic E-state index is 12.9. The number of nitrogens with zero attached hydrogens (tertiary/aromatic N) is 2. The zero-order valence-electron chi connectivity index (χ0n) is 15.8. The van der Waals surface area contributed by atoms with Gasteiger partial charge in [-0.15, -0.1) is 0 Å². The Kier molecular flexibility index (Phi) is 5.53. The maximum Gasteiger partial charge on any atom is 0.258 e. The van der Waals surface area contributed by atoms with Gasteiger partial charge in [-0.2, -0.15) is 4.31 Å². The van der Waals surface area contributed by atoms with Crippen molar-refractivity contribution < 1.29 is 17.9 Å². The summed E-state index contributed by atoms with van der Waals surface area (Å²) < 4.78 is 32.1. The number of rotatable bonds is 6. The van der Waals surface area contributed by atoms with Gasteiger partial charge in [0.25, 0.3) is 5.91 Å². The molecular formula is C20H24N2O4S. The van der Waals surface area contributed by atoms with E-state index in [4.69, 9.17) is 4.74 Å². The molecule has 0 saturated carbocycles. The highest BCUT2D eigenvalue weighted by molar-refractivity contribution is 7.89. The summed E-state index contributed by atoms with van der Waals surface area (Å²) in [5.74, 6) is 0.507. The van der Waals surface area contributed by atoms with Gasteiger partial charge in [0.1, 0.15) is 5.75 Å². The van der Waals surface area contributed by atoms with E-state index in [9.17, 15) is 13.2 Å². The van der Waals surface area contributed by atoms with Gasteiger partial charge in [-0.3, -0.25) is 4.79 Å². The number of carbonyl (C=O) groups is 1. The largest absolute Gasteiger partial charge is 0.497 e. The third kappa shape index (κ3) is 3.57. The molecule has 0 aliphatic carbocycles. The lowest BCUT2D eigenvalue weighted by molar-refractivity contribution is 0.0989. The van der Waals surface area contributed by atoms with E-state index in [1.54, 1.807) is 54.5 Å². The highest BCUT2D eigenvalue weighted by atomic mass is 32.2. The molecule has 1 heterocycles. The van der Waals surface area contributed by atoms with Gasteiger partial charge in [0.2, 0.25) is 10.0 Å². The average Bonchev–Trinajstić information content (AvgIpc) is 3.11. The Morgan fingerprint density at radius 3 is 2.56 bits per heavy atom. The van der Waals surface area contributed by atoms with Crippen LogP contribution in [0.15, 0.2) is 47.4 Å². The Morgan fingerprint density at radius 1 is 1.15 bits per heavy atom. The van der Waals surface area contributed by atoms with Gasteiger partial charge in [-0.25, -0.2) is 8.42 Å². The molecular weight excluding hydrogens is 364 g/mol. The first-order valence-corrected chi connectivity index (χ1v) is 10.4. The SMILES string of the molecule is CCN(CC)S(=O)(=O)c1ccc2c(c1)CCN2C(=O)c1cccc(OC)c1. The van der Waals surface area contributed by atoms with Crippen LogP contribution in [0.2, 0.25) is 0 Å². The second kappa shape index (κ2) is 7.70. The molecule has 1 aliphatic heterocycles. The van der Waals surface area contributed by atoms with E-state index >= 15 is 0 Å². The molecule has 0 fully saturated rings. The number of hydrogen-bond donors (Lipinski definition) is 0. The third-order valence-electron chi connectivity index (χ3n) is 4.85. The molecule has 0 unspecified atom stereocenters. The van der Waals surface area contributed by atoms with Crippen LogP contribution < -0.4 is 9.64 Å². The minimum absolute atomic E-state index is 0.119. The number of methoxy groups -OCH3 is 1. The molecule has 27 heavy (non-hydrogen) atoms. The van der Waals surface area contributed by atoms with Crippen LogP contribution in [-0.4, -0.2) is 45.4 Å². The molecule has 2 aromatic rings. The number of benzene rings is 2. The van der Waals surface area contributed by atoms with Crippen molar-refractivity contribution in [2.24, 2.45) is 0 Å². The van der Waals surface area contributed by atoms with Crippen LogP contribution in [0.5, 0.6) is 5.75 Å². The van der Waals surface area contributed by atoms with Crippen LogP contribution in [0.4, 0.5) is 5.69 Å². The lowest BCUT2D eigenvalue weighted by Crippen LogP contribution is -2.30. The normalized spacial score (nSPS) is 13.7. The molecule has 144 valence electrons. The second-order valence-corrected chi connectivity index (χ2v) is 8.26. The summed E-state index contributed by atoms with van der Waals surface area (Å²) in [5.41, 5.74) is 2.18. The van der Waals surface area contributed by atoms with E-state index in [1.165, 1.54) is 4.31 Å². The fourth-order valence-corrected chi connectivity index (χ4v) is 4.88. The molecule has 0 spiro atoms. The summed E-state index contributed by atoms with van der Waals surface area (Å²) >= 11 is 0. The van der Waals surface area contributed by atoms with E-state index in [0.717, 1.165) is 11.3 Å². The van der Waals surface area contributed by atoms with Crippen molar-refractivity contribution in [3.63, 3.8) is 0 Å². The molecule has 0 radical (unpaired) electrons. The molecule has 7 heteroatoms. The summed E-state index contributed by atoms with van der Waals surface area (Å²) in [7, 11) is -1.95. The van der Waals surface area contributed by atoms with Gasteiger partial charge in [0.05, 0.1) is 12.0 Å². The summed E-state index contributed by atoms with van der Waals surface area (Å²) in [6.07, 6.45) is 0.632. The second-order valence-electron chi connectivity index (χ2n) is 6.32. The van der Waals surface area contributed by atoms with Gasteiger partial charge in [0, 0.05) is 30.9 Å². The summed E-state index contributed by atoms with van der Waals surface area (Å²) in [4.78, 5) is 14.9. The molecule has 0 atom stereocenters. The number of carbonyl (C=O) groups excluding carboxylic acids is 1. The molecule has 0 saturated heterocycles. The first kappa shape index (κ1) is 19.4. The predicted molar refractivity (Wildman–Crippen MR) is 105 cm³/mol. The molecule has 1 amide bonds. The van der Waals surface area contributed by atoms with Crippen molar-refractivity contribution in [3.05, 3.63) is 53.6 Å². The molecule has 2 aromatic carbocycles. The van der Waals surface area contributed by atoms with Gasteiger partial charge >= 0.3 is 0 Å². The Hall–Kier alpha value is -2.38. The number of amides is 1. The minimum atomic E-state index is -3.51. The Labute approximate surface area is 160 Å². The quantitative estimate of drug-likeness (QED) is 0.763. The van der Waals surface area contributed by atoms with Crippen LogP contribution in [0.3, 0.4) is 0 Å².